The fourth-order valence-corrected chi connectivity index (χ4v) is 3.03. The molecule has 0 atom stereocenters. The minimum Gasteiger partial charge on any atom is -0.342 e. The van der Waals surface area contributed by atoms with Crippen molar-refractivity contribution in [3.8, 4) is 0 Å². The molecule has 0 radical (unpaired) electrons. The number of hydrogen-bond donors (Lipinski definition) is 1. The Hall–Kier alpha value is -0.820. The fraction of sp³-hybridized carbons (Fsp3) is 0.462. The monoisotopic (exact) mass is 352 g/mol. The van der Waals surface area contributed by atoms with E-state index in [1.807, 2.05) is 0 Å². The molecule has 21 heavy (non-hydrogen) atoms. The van der Waals surface area contributed by atoms with Crippen LogP contribution in [-0.4, -0.2) is 32.8 Å². The topological polar surface area (TPSA) is 80.5 Å². The zero-order chi connectivity index (χ0) is 16.4. The van der Waals surface area contributed by atoms with Crippen molar-refractivity contribution in [3.05, 3.63) is 27.7 Å². The molecule has 1 amide bonds. The zero-order valence-electron chi connectivity index (χ0n) is 12.1. The van der Waals surface area contributed by atoms with E-state index in [-0.39, 0.29) is 26.4 Å². The average Bonchev–Trinajstić information content (AvgIpc) is 2.36. The van der Waals surface area contributed by atoms with Gasteiger partial charge in [-0.1, -0.05) is 37.0 Å². The van der Waals surface area contributed by atoms with Crippen LogP contribution in [0.5, 0.6) is 0 Å². The molecule has 1 aromatic carbocycles. The van der Waals surface area contributed by atoms with E-state index in [0.717, 1.165) is 12.5 Å². The van der Waals surface area contributed by atoms with Gasteiger partial charge in [-0.15, -0.1) is 0 Å². The summed E-state index contributed by atoms with van der Waals surface area (Å²) in [5.74, 6) is 0.119. The van der Waals surface area contributed by atoms with Gasteiger partial charge in [0.2, 0.25) is 10.0 Å². The van der Waals surface area contributed by atoms with E-state index in [1.165, 1.54) is 11.0 Å². The van der Waals surface area contributed by atoms with Gasteiger partial charge in [0, 0.05) is 19.2 Å². The number of carbonyl (C=O) groups excluding carboxylic acids is 1. The molecule has 0 heterocycles. The fourth-order valence-electron chi connectivity index (χ4n) is 1.67. The van der Waals surface area contributed by atoms with Gasteiger partial charge < -0.3 is 4.90 Å². The summed E-state index contributed by atoms with van der Waals surface area (Å²) < 4.78 is 23.0. The normalized spacial score (nSPS) is 11.8. The highest BCUT2D eigenvalue weighted by molar-refractivity contribution is 7.89. The average molecular weight is 353 g/mol. The van der Waals surface area contributed by atoms with Gasteiger partial charge in [-0.25, -0.2) is 13.6 Å². The van der Waals surface area contributed by atoms with Crippen molar-refractivity contribution < 1.29 is 13.2 Å². The number of sulfonamides is 1. The van der Waals surface area contributed by atoms with Gasteiger partial charge in [-0.3, -0.25) is 4.79 Å². The van der Waals surface area contributed by atoms with Crippen molar-refractivity contribution in [2.75, 3.05) is 13.6 Å². The Bertz CT molecular complexity index is 645. The molecule has 0 aliphatic heterocycles. The summed E-state index contributed by atoms with van der Waals surface area (Å²) in [6.45, 7) is 4.66. The van der Waals surface area contributed by atoms with Crippen LogP contribution in [0.1, 0.15) is 30.6 Å². The molecule has 5 nitrogen and oxygen atoms in total. The highest BCUT2D eigenvalue weighted by Crippen LogP contribution is 2.30. The van der Waals surface area contributed by atoms with Gasteiger partial charge in [0.1, 0.15) is 4.90 Å². The van der Waals surface area contributed by atoms with Crippen molar-refractivity contribution in [2.45, 2.75) is 25.2 Å². The first-order valence-electron chi connectivity index (χ1n) is 6.31. The Balaban J connectivity index is 3.14. The van der Waals surface area contributed by atoms with Crippen molar-refractivity contribution >= 4 is 39.1 Å². The number of nitrogens with two attached hydrogens (primary N) is 1. The summed E-state index contributed by atoms with van der Waals surface area (Å²) in [6.07, 6.45) is 0.839. The van der Waals surface area contributed by atoms with E-state index in [1.54, 1.807) is 7.05 Å². The summed E-state index contributed by atoms with van der Waals surface area (Å²) in [4.78, 5) is 13.4. The molecule has 0 fully saturated rings. The number of carbonyl (C=O) groups is 1. The third-order valence-electron chi connectivity index (χ3n) is 2.94. The summed E-state index contributed by atoms with van der Waals surface area (Å²) in [6, 6.07) is 2.49. The molecule has 1 aromatic rings. The number of rotatable bonds is 5. The highest BCUT2D eigenvalue weighted by Gasteiger charge is 2.21. The molecule has 1 rings (SSSR count). The molecule has 8 heteroatoms. The van der Waals surface area contributed by atoms with Crippen LogP contribution in [0.25, 0.3) is 0 Å². The largest absolute Gasteiger partial charge is 0.342 e. The van der Waals surface area contributed by atoms with Crippen molar-refractivity contribution in [2.24, 2.45) is 11.1 Å². The highest BCUT2D eigenvalue weighted by atomic mass is 35.5. The van der Waals surface area contributed by atoms with Crippen LogP contribution in [-0.2, 0) is 10.0 Å². The Morgan fingerprint density at radius 1 is 1.33 bits per heavy atom. The lowest BCUT2D eigenvalue weighted by Crippen LogP contribution is -2.28. The Morgan fingerprint density at radius 2 is 1.90 bits per heavy atom. The third kappa shape index (κ3) is 4.85. The Morgan fingerprint density at radius 3 is 2.38 bits per heavy atom. The number of hydrogen-bond acceptors (Lipinski definition) is 3. The Kier molecular flexibility index (Phi) is 6.04. The van der Waals surface area contributed by atoms with Gasteiger partial charge in [-0.05, 0) is 24.5 Å². The lowest BCUT2D eigenvalue weighted by atomic mass is 10.1. The van der Waals surface area contributed by atoms with Crippen LogP contribution in [0, 0.1) is 5.92 Å². The molecule has 0 unspecified atom stereocenters. The predicted octanol–water partition coefficient (Wildman–Crippen LogP) is 2.76. The second-order valence-electron chi connectivity index (χ2n) is 5.22. The van der Waals surface area contributed by atoms with Gasteiger partial charge in [-0.2, -0.15) is 0 Å². The van der Waals surface area contributed by atoms with Crippen LogP contribution in [0.3, 0.4) is 0 Å². The summed E-state index contributed by atoms with van der Waals surface area (Å²) in [5, 5.41) is 4.87. The van der Waals surface area contributed by atoms with Crippen molar-refractivity contribution in [1.82, 2.24) is 4.90 Å². The second-order valence-corrected chi connectivity index (χ2v) is 7.54. The molecule has 0 aliphatic rings. The van der Waals surface area contributed by atoms with Crippen LogP contribution in [0.15, 0.2) is 17.0 Å². The summed E-state index contributed by atoms with van der Waals surface area (Å²) in [5.41, 5.74) is 0.139. The van der Waals surface area contributed by atoms with Gasteiger partial charge in [0.05, 0.1) is 10.0 Å². The van der Waals surface area contributed by atoms with Crippen LogP contribution >= 0.6 is 23.2 Å². The number of benzene rings is 1. The number of halogens is 2. The van der Waals surface area contributed by atoms with Crippen LogP contribution in [0.2, 0.25) is 10.0 Å². The summed E-state index contributed by atoms with van der Waals surface area (Å²) >= 11 is 11.7. The van der Waals surface area contributed by atoms with E-state index in [9.17, 15) is 13.2 Å². The Labute approximate surface area is 135 Å². The lowest BCUT2D eigenvalue weighted by molar-refractivity contribution is 0.0789. The number of primary sulfonamides is 1. The maximum absolute atomic E-state index is 12.3. The van der Waals surface area contributed by atoms with E-state index in [2.05, 4.69) is 13.8 Å². The van der Waals surface area contributed by atoms with Crippen molar-refractivity contribution in [3.63, 3.8) is 0 Å². The molecule has 0 saturated heterocycles. The first kappa shape index (κ1) is 18.2. The second kappa shape index (κ2) is 6.96. The molecule has 0 saturated carbocycles. The molecule has 2 N–H and O–H groups in total. The zero-order valence-corrected chi connectivity index (χ0v) is 14.4. The van der Waals surface area contributed by atoms with Crippen LogP contribution in [0.4, 0.5) is 0 Å². The quantitative estimate of drug-likeness (QED) is 0.884. The molecule has 0 bridgehead atoms. The van der Waals surface area contributed by atoms with E-state index < -0.39 is 10.0 Å². The third-order valence-corrected chi connectivity index (χ3v) is 4.79. The maximum Gasteiger partial charge on any atom is 0.253 e. The van der Waals surface area contributed by atoms with Gasteiger partial charge in [0.25, 0.3) is 5.91 Å². The predicted molar refractivity (Wildman–Crippen MR) is 84.3 cm³/mol. The summed E-state index contributed by atoms with van der Waals surface area (Å²) in [7, 11) is -2.41. The van der Waals surface area contributed by atoms with Crippen LogP contribution < -0.4 is 5.14 Å². The standard InChI is InChI=1S/C13H18Cl2N2O3S/c1-8(2)4-5-17(3)13(18)9-6-10(14)12(15)11(7-9)21(16,19)20/h6-8H,4-5H2,1-3H3,(H2,16,19,20). The number of nitrogens with zero attached hydrogens (tertiary/aromatic N) is 1. The molecular formula is C13H18Cl2N2O3S. The molecular weight excluding hydrogens is 335 g/mol. The minimum atomic E-state index is -4.05. The molecule has 0 aliphatic carbocycles. The molecule has 0 spiro atoms. The van der Waals surface area contributed by atoms with Gasteiger partial charge in [0.15, 0.2) is 0 Å². The first-order chi connectivity index (χ1) is 9.54. The van der Waals surface area contributed by atoms with Gasteiger partial charge >= 0.3 is 0 Å². The van der Waals surface area contributed by atoms with Crippen molar-refractivity contribution in [1.29, 1.82) is 0 Å². The molecule has 118 valence electrons. The SMILES string of the molecule is CC(C)CCN(C)C(=O)c1cc(Cl)c(Cl)c(S(N)(=O)=O)c1. The lowest BCUT2D eigenvalue weighted by Gasteiger charge is -2.19. The minimum absolute atomic E-state index is 0.0243. The van der Waals surface area contributed by atoms with E-state index in [0.29, 0.717) is 12.5 Å². The maximum atomic E-state index is 12.3. The first-order valence-corrected chi connectivity index (χ1v) is 8.61. The van der Waals surface area contributed by atoms with E-state index in [4.69, 9.17) is 28.3 Å². The van der Waals surface area contributed by atoms with E-state index >= 15 is 0 Å². The molecule has 0 aromatic heterocycles. The smallest absolute Gasteiger partial charge is 0.253 e. The number of amides is 1.